The highest BCUT2D eigenvalue weighted by molar-refractivity contribution is 7.80. The lowest BCUT2D eigenvalue weighted by Crippen LogP contribution is -2.24. The lowest BCUT2D eigenvalue weighted by molar-refractivity contribution is 0.286. The second kappa shape index (κ2) is 8.42. The number of nitrogens with one attached hydrogen (secondary N) is 1. The second-order valence-electron chi connectivity index (χ2n) is 4.10. The third-order valence-corrected chi connectivity index (χ3v) is 2.50. The van der Waals surface area contributed by atoms with Gasteiger partial charge in [-0.05, 0) is 30.8 Å². The molecule has 0 amide bonds. The van der Waals surface area contributed by atoms with E-state index in [0.717, 1.165) is 25.3 Å². The van der Waals surface area contributed by atoms with Crippen LogP contribution in [0.1, 0.15) is 31.7 Å². The fraction of sp³-hybridized carbons (Fsp3) is 0.385. The van der Waals surface area contributed by atoms with Crippen molar-refractivity contribution in [1.82, 2.24) is 5.43 Å². The fourth-order valence-corrected chi connectivity index (χ4v) is 1.52. The number of halogens is 2. The Labute approximate surface area is 122 Å². The topological polar surface area (TPSA) is 59.6 Å². The molecule has 3 N–H and O–H groups in total. The van der Waals surface area contributed by atoms with Crippen molar-refractivity contribution in [3.8, 4) is 5.75 Å². The Morgan fingerprint density at radius 1 is 1.45 bits per heavy atom. The van der Waals surface area contributed by atoms with Gasteiger partial charge in [-0.15, -0.1) is 0 Å². The summed E-state index contributed by atoms with van der Waals surface area (Å²) in [6, 6.07) is 2.38. The quantitative estimate of drug-likeness (QED) is 0.352. The highest BCUT2D eigenvalue weighted by atomic mass is 32.1. The summed E-state index contributed by atoms with van der Waals surface area (Å²) in [5, 5.41) is 3.66. The molecule has 0 spiro atoms. The van der Waals surface area contributed by atoms with Crippen molar-refractivity contribution in [3.05, 3.63) is 29.3 Å². The Balaban J connectivity index is 2.75. The van der Waals surface area contributed by atoms with Gasteiger partial charge in [-0.3, -0.25) is 5.43 Å². The summed E-state index contributed by atoms with van der Waals surface area (Å²) in [7, 11) is 0. The predicted molar refractivity (Wildman–Crippen MR) is 78.9 cm³/mol. The molecule has 1 aromatic carbocycles. The third-order valence-electron chi connectivity index (χ3n) is 2.41. The smallest absolute Gasteiger partial charge is 0.200 e. The Morgan fingerprint density at radius 3 is 2.85 bits per heavy atom. The summed E-state index contributed by atoms with van der Waals surface area (Å²) in [5.41, 5.74) is 7.86. The van der Waals surface area contributed by atoms with Gasteiger partial charge in [0.05, 0.1) is 12.8 Å². The molecule has 20 heavy (non-hydrogen) atoms. The lowest BCUT2D eigenvalue weighted by atomic mass is 10.2. The van der Waals surface area contributed by atoms with Crippen LogP contribution in [0.3, 0.4) is 0 Å². The van der Waals surface area contributed by atoms with E-state index < -0.39 is 11.6 Å². The van der Waals surface area contributed by atoms with Gasteiger partial charge >= 0.3 is 0 Å². The Morgan fingerprint density at radius 2 is 2.20 bits per heavy atom. The van der Waals surface area contributed by atoms with Crippen LogP contribution < -0.4 is 15.9 Å². The zero-order chi connectivity index (χ0) is 15.0. The van der Waals surface area contributed by atoms with Crippen LogP contribution in [-0.2, 0) is 0 Å². The molecule has 0 aliphatic rings. The first-order valence-corrected chi connectivity index (χ1v) is 6.65. The number of nitrogens with zero attached hydrogens (tertiary/aromatic N) is 1. The molecule has 0 aliphatic carbocycles. The molecule has 0 radical (unpaired) electrons. The SMILES string of the molecule is CCCCCOc1cc(C=NNC(N)=S)cc(F)c1F. The Bertz CT molecular complexity index is 495. The molecule has 0 saturated heterocycles. The van der Waals surface area contributed by atoms with Crippen molar-refractivity contribution in [3.63, 3.8) is 0 Å². The van der Waals surface area contributed by atoms with Gasteiger partial charge in [0, 0.05) is 5.56 Å². The van der Waals surface area contributed by atoms with E-state index in [1.165, 1.54) is 12.3 Å². The van der Waals surface area contributed by atoms with Gasteiger partial charge < -0.3 is 10.5 Å². The molecule has 4 nitrogen and oxygen atoms in total. The van der Waals surface area contributed by atoms with Crippen molar-refractivity contribution in [2.75, 3.05) is 6.61 Å². The van der Waals surface area contributed by atoms with Gasteiger partial charge in [0.15, 0.2) is 16.7 Å². The zero-order valence-electron chi connectivity index (χ0n) is 11.2. The maximum absolute atomic E-state index is 13.5. The van der Waals surface area contributed by atoms with E-state index in [-0.39, 0.29) is 10.9 Å². The van der Waals surface area contributed by atoms with Gasteiger partial charge in [-0.1, -0.05) is 19.8 Å². The number of thiocarbonyl (C=S) groups is 1. The molecule has 7 heteroatoms. The number of hydrogen-bond donors (Lipinski definition) is 2. The molecule has 0 saturated carbocycles. The molecule has 1 aromatic rings. The molecule has 110 valence electrons. The number of benzene rings is 1. The number of hydrogen-bond acceptors (Lipinski definition) is 3. The first kappa shape index (κ1) is 16.3. The van der Waals surface area contributed by atoms with Crippen LogP contribution in [0.15, 0.2) is 17.2 Å². The summed E-state index contributed by atoms with van der Waals surface area (Å²) < 4.78 is 32.2. The fourth-order valence-electron chi connectivity index (χ4n) is 1.47. The lowest BCUT2D eigenvalue weighted by Gasteiger charge is -2.08. The molecule has 1 rings (SSSR count). The van der Waals surface area contributed by atoms with E-state index in [1.807, 2.05) is 6.92 Å². The monoisotopic (exact) mass is 301 g/mol. The van der Waals surface area contributed by atoms with E-state index in [1.54, 1.807) is 0 Å². The molecular formula is C13H17F2N3OS. The van der Waals surface area contributed by atoms with Gasteiger partial charge in [0.2, 0.25) is 5.82 Å². The molecule has 0 aromatic heterocycles. The Kier molecular flexibility index (Phi) is 6.86. The van der Waals surface area contributed by atoms with Crippen LogP contribution in [0.4, 0.5) is 8.78 Å². The first-order chi connectivity index (χ1) is 9.54. The van der Waals surface area contributed by atoms with Gasteiger partial charge in [0.25, 0.3) is 0 Å². The van der Waals surface area contributed by atoms with E-state index in [0.29, 0.717) is 12.2 Å². The highest BCUT2D eigenvalue weighted by Crippen LogP contribution is 2.22. The van der Waals surface area contributed by atoms with E-state index in [4.69, 9.17) is 10.5 Å². The molecule has 0 atom stereocenters. The summed E-state index contributed by atoms with van der Waals surface area (Å²) in [5.74, 6) is -2.12. The molecule has 0 bridgehead atoms. The molecule has 0 unspecified atom stereocenters. The number of rotatable bonds is 7. The summed E-state index contributed by atoms with van der Waals surface area (Å²) in [6.45, 7) is 2.39. The largest absolute Gasteiger partial charge is 0.490 e. The van der Waals surface area contributed by atoms with Crippen LogP contribution in [-0.4, -0.2) is 17.9 Å². The molecule has 0 heterocycles. The normalized spacial score (nSPS) is 10.8. The van der Waals surface area contributed by atoms with Crippen molar-refractivity contribution in [1.29, 1.82) is 0 Å². The molecule has 0 aliphatic heterocycles. The van der Waals surface area contributed by atoms with E-state index in [2.05, 4.69) is 22.7 Å². The van der Waals surface area contributed by atoms with E-state index in [9.17, 15) is 8.78 Å². The van der Waals surface area contributed by atoms with Crippen LogP contribution >= 0.6 is 12.2 Å². The second-order valence-corrected chi connectivity index (χ2v) is 4.54. The third kappa shape index (κ3) is 5.48. The minimum absolute atomic E-state index is 0.0140. The van der Waals surface area contributed by atoms with Gasteiger partial charge in [-0.2, -0.15) is 9.49 Å². The average Bonchev–Trinajstić information content (AvgIpc) is 2.39. The van der Waals surface area contributed by atoms with Crippen molar-refractivity contribution in [2.45, 2.75) is 26.2 Å². The van der Waals surface area contributed by atoms with Crippen molar-refractivity contribution >= 4 is 23.5 Å². The van der Waals surface area contributed by atoms with Crippen molar-refractivity contribution < 1.29 is 13.5 Å². The number of nitrogens with two attached hydrogens (primary N) is 1. The maximum atomic E-state index is 13.5. The van der Waals surface area contributed by atoms with E-state index >= 15 is 0 Å². The predicted octanol–water partition coefficient (Wildman–Crippen LogP) is 2.70. The first-order valence-electron chi connectivity index (χ1n) is 6.25. The average molecular weight is 301 g/mol. The van der Waals surface area contributed by atoms with Crippen LogP contribution in [0.25, 0.3) is 0 Å². The Hall–Kier alpha value is -1.76. The molecule has 0 fully saturated rings. The summed E-state index contributed by atoms with van der Waals surface area (Å²) >= 11 is 4.56. The van der Waals surface area contributed by atoms with Crippen LogP contribution in [0.2, 0.25) is 0 Å². The van der Waals surface area contributed by atoms with Crippen LogP contribution in [0, 0.1) is 11.6 Å². The number of ether oxygens (including phenoxy) is 1. The number of hydrazone groups is 1. The summed E-state index contributed by atoms with van der Waals surface area (Å²) in [4.78, 5) is 0. The summed E-state index contributed by atoms with van der Waals surface area (Å²) in [6.07, 6.45) is 4.07. The van der Waals surface area contributed by atoms with Crippen molar-refractivity contribution in [2.24, 2.45) is 10.8 Å². The standard InChI is InChI=1S/C13H17F2N3OS/c1-2-3-4-5-19-11-7-9(6-10(14)12(11)15)8-17-18-13(16)20/h6-8H,2-5H2,1H3,(H3,16,18,20). The minimum Gasteiger partial charge on any atom is -0.490 e. The minimum atomic E-state index is -0.999. The highest BCUT2D eigenvalue weighted by Gasteiger charge is 2.11. The molecular weight excluding hydrogens is 284 g/mol. The number of unbranched alkanes of at least 4 members (excludes halogenated alkanes) is 2. The maximum Gasteiger partial charge on any atom is 0.200 e. The van der Waals surface area contributed by atoms with Crippen LogP contribution in [0.5, 0.6) is 5.75 Å². The van der Waals surface area contributed by atoms with Gasteiger partial charge in [0.1, 0.15) is 0 Å². The van der Waals surface area contributed by atoms with Gasteiger partial charge in [-0.25, -0.2) is 4.39 Å². The zero-order valence-corrected chi connectivity index (χ0v) is 12.0.